The molecule has 0 aromatic heterocycles. The van der Waals surface area contributed by atoms with Crippen LogP contribution in [0.1, 0.15) is 18.4 Å². The number of hydrogen-bond acceptors (Lipinski definition) is 7. The Morgan fingerprint density at radius 2 is 1.81 bits per heavy atom. The van der Waals surface area contributed by atoms with E-state index in [1.54, 1.807) is 53.4 Å². The van der Waals surface area contributed by atoms with Crippen molar-refractivity contribution in [3.63, 3.8) is 0 Å². The van der Waals surface area contributed by atoms with Crippen LogP contribution in [-0.2, 0) is 14.4 Å². The van der Waals surface area contributed by atoms with Crippen LogP contribution in [0.4, 0.5) is 10.5 Å². The molecule has 2 saturated heterocycles. The first kappa shape index (κ1) is 25.6. The highest BCUT2D eigenvalue weighted by molar-refractivity contribution is 8.18. The molecule has 36 heavy (non-hydrogen) atoms. The summed E-state index contributed by atoms with van der Waals surface area (Å²) in [5, 5.41) is 2.79. The molecule has 0 bridgehead atoms. The molecule has 0 unspecified atom stereocenters. The monoisotopic (exact) mass is 529 g/mol. The number of imide groups is 1. The maximum Gasteiger partial charge on any atom is 0.294 e. The second-order valence-corrected chi connectivity index (χ2v) is 9.54. The van der Waals surface area contributed by atoms with Crippen molar-refractivity contribution in [2.45, 2.75) is 12.8 Å². The highest BCUT2D eigenvalue weighted by Gasteiger charge is 2.37. The summed E-state index contributed by atoms with van der Waals surface area (Å²) in [6.07, 6.45) is 3.43. The van der Waals surface area contributed by atoms with Gasteiger partial charge in [0.2, 0.25) is 5.91 Å². The van der Waals surface area contributed by atoms with Gasteiger partial charge in [0.25, 0.3) is 17.1 Å². The molecule has 0 saturated carbocycles. The van der Waals surface area contributed by atoms with Gasteiger partial charge in [0.05, 0.1) is 12.0 Å². The Morgan fingerprint density at radius 3 is 2.50 bits per heavy atom. The summed E-state index contributed by atoms with van der Waals surface area (Å²) in [7, 11) is 1.46. The number of benzene rings is 2. The minimum atomic E-state index is -0.504. The summed E-state index contributed by atoms with van der Waals surface area (Å²) in [6, 6.07) is 11.6. The number of thioether (sulfide) groups is 1. The van der Waals surface area contributed by atoms with Crippen molar-refractivity contribution < 1.29 is 28.7 Å². The normalized spacial score (nSPS) is 16.6. The van der Waals surface area contributed by atoms with Gasteiger partial charge in [-0.3, -0.25) is 24.1 Å². The lowest BCUT2D eigenvalue weighted by Gasteiger charge is -2.18. The average Bonchev–Trinajstić information content (AvgIpc) is 3.49. The van der Waals surface area contributed by atoms with Crippen molar-refractivity contribution in [3.05, 3.63) is 58.0 Å². The zero-order valence-corrected chi connectivity index (χ0v) is 21.1. The molecule has 4 amide bonds. The van der Waals surface area contributed by atoms with Crippen LogP contribution < -0.4 is 14.8 Å². The van der Waals surface area contributed by atoms with E-state index in [1.807, 2.05) is 0 Å². The zero-order chi connectivity index (χ0) is 25.7. The fraction of sp³-hybridized carbons (Fsp3) is 0.280. The van der Waals surface area contributed by atoms with Crippen LogP contribution in [0.2, 0.25) is 5.02 Å². The molecule has 2 heterocycles. The van der Waals surface area contributed by atoms with E-state index >= 15 is 0 Å². The maximum atomic E-state index is 12.8. The molecule has 2 aromatic rings. The third kappa shape index (κ3) is 6.19. The zero-order valence-electron chi connectivity index (χ0n) is 19.5. The Labute approximate surface area is 217 Å². The summed E-state index contributed by atoms with van der Waals surface area (Å²) < 4.78 is 11.0. The van der Waals surface area contributed by atoms with Crippen molar-refractivity contribution >= 4 is 58.1 Å². The lowest BCUT2D eigenvalue weighted by Crippen LogP contribution is -2.40. The second kappa shape index (κ2) is 11.5. The Kier molecular flexibility index (Phi) is 8.17. The number of amides is 4. The van der Waals surface area contributed by atoms with Crippen molar-refractivity contribution in [2.24, 2.45) is 0 Å². The van der Waals surface area contributed by atoms with Gasteiger partial charge in [-0.25, -0.2) is 0 Å². The molecule has 2 aromatic carbocycles. The summed E-state index contributed by atoms with van der Waals surface area (Å²) in [6.45, 7) is 0.808. The maximum absolute atomic E-state index is 12.8. The Morgan fingerprint density at radius 1 is 1.08 bits per heavy atom. The number of likely N-dealkylation sites (tertiary alicyclic amines) is 1. The van der Waals surface area contributed by atoms with Gasteiger partial charge in [0.1, 0.15) is 6.54 Å². The molecule has 9 nitrogen and oxygen atoms in total. The van der Waals surface area contributed by atoms with Gasteiger partial charge in [-0.2, -0.15) is 0 Å². The number of methoxy groups -OCH3 is 1. The van der Waals surface area contributed by atoms with Crippen LogP contribution in [-0.4, -0.2) is 66.1 Å². The fourth-order valence-electron chi connectivity index (χ4n) is 3.76. The number of nitrogens with zero attached hydrogens (tertiary/aromatic N) is 2. The molecule has 2 aliphatic heterocycles. The van der Waals surface area contributed by atoms with Gasteiger partial charge >= 0.3 is 0 Å². The number of ether oxygens (including phenoxy) is 2. The van der Waals surface area contributed by atoms with Crippen molar-refractivity contribution in [1.29, 1.82) is 0 Å². The Balaban J connectivity index is 1.38. The third-order valence-electron chi connectivity index (χ3n) is 5.60. The summed E-state index contributed by atoms with van der Waals surface area (Å²) in [5.41, 5.74) is 1.19. The van der Waals surface area contributed by atoms with Gasteiger partial charge in [-0.05, 0) is 72.6 Å². The van der Waals surface area contributed by atoms with Crippen LogP contribution >= 0.6 is 23.4 Å². The average molecular weight is 530 g/mol. The van der Waals surface area contributed by atoms with E-state index < -0.39 is 11.1 Å². The van der Waals surface area contributed by atoms with Gasteiger partial charge < -0.3 is 19.7 Å². The number of hydrogen-bond donors (Lipinski definition) is 1. The van der Waals surface area contributed by atoms with Crippen LogP contribution in [0.15, 0.2) is 47.4 Å². The van der Waals surface area contributed by atoms with Gasteiger partial charge in [0.15, 0.2) is 18.1 Å². The van der Waals surface area contributed by atoms with Crippen LogP contribution in [0.3, 0.4) is 0 Å². The van der Waals surface area contributed by atoms with E-state index in [2.05, 4.69) is 5.32 Å². The Bertz CT molecular complexity index is 1210. The van der Waals surface area contributed by atoms with E-state index in [1.165, 1.54) is 7.11 Å². The minimum absolute atomic E-state index is 0.215. The molecular formula is C25H24ClN3O6S. The lowest BCUT2D eigenvalue weighted by molar-refractivity contribution is -0.135. The predicted molar refractivity (Wildman–Crippen MR) is 137 cm³/mol. The topological polar surface area (TPSA) is 105 Å². The number of halogens is 1. The molecule has 2 fully saturated rings. The lowest BCUT2D eigenvalue weighted by atomic mass is 10.2. The summed E-state index contributed by atoms with van der Waals surface area (Å²) in [5.74, 6) is -0.396. The van der Waals surface area contributed by atoms with Crippen molar-refractivity contribution in [1.82, 2.24) is 9.80 Å². The largest absolute Gasteiger partial charge is 0.493 e. The predicted octanol–water partition coefficient (Wildman–Crippen LogP) is 4.02. The standard InChI is InChI=1S/C25H24ClN3O6S/c1-34-20-12-16(4-9-19(20)35-15-22(30)27-18-7-5-17(26)6-8-18)13-21-24(32)29(25(33)36-21)14-23(31)28-10-2-3-11-28/h4-9,12-13H,2-3,10-11,14-15H2,1H3,(H,27,30)/b21-13-. The highest BCUT2D eigenvalue weighted by atomic mass is 35.5. The molecular weight excluding hydrogens is 506 g/mol. The van der Waals surface area contributed by atoms with Gasteiger partial charge in [-0.1, -0.05) is 17.7 Å². The second-order valence-electron chi connectivity index (χ2n) is 8.11. The first-order valence-corrected chi connectivity index (χ1v) is 12.4. The molecule has 0 atom stereocenters. The van der Waals surface area contributed by atoms with Crippen molar-refractivity contribution in [2.75, 3.05) is 38.7 Å². The van der Waals surface area contributed by atoms with E-state index in [4.69, 9.17) is 21.1 Å². The molecule has 188 valence electrons. The van der Waals surface area contributed by atoms with E-state index in [0.717, 1.165) is 29.5 Å². The van der Waals surface area contributed by atoms with Gasteiger partial charge in [0, 0.05) is 23.8 Å². The number of carbonyl (C=O) groups is 4. The summed E-state index contributed by atoms with van der Waals surface area (Å²) in [4.78, 5) is 52.6. The summed E-state index contributed by atoms with van der Waals surface area (Å²) >= 11 is 6.64. The first-order chi connectivity index (χ1) is 17.3. The number of anilines is 1. The van der Waals surface area contributed by atoms with Crippen molar-refractivity contribution in [3.8, 4) is 11.5 Å². The molecule has 1 N–H and O–H groups in total. The van der Waals surface area contributed by atoms with Crippen LogP contribution in [0.25, 0.3) is 6.08 Å². The molecule has 0 aliphatic carbocycles. The minimum Gasteiger partial charge on any atom is -0.493 e. The van der Waals surface area contributed by atoms with Crippen LogP contribution in [0, 0.1) is 0 Å². The molecule has 0 spiro atoms. The molecule has 2 aliphatic rings. The van der Waals surface area contributed by atoms with Crippen LogP contribution in [0.5, 0.6) is 11.5 Å². The molecule has 0 radical (unpaired) electrons. The first-order valence-electron chi connectivity index (χ1n) is 11.2. The quantitative estimate of drug-likeness (QED) is 0.515. The number of carbonyl (C=O) groups excluding carboxylic acids is 4. The highest BCUT2D eigenvalue weighted by Crippen LogP contribution is 2.34. The fourth-order valence-corrected chi connectivity index (χ4v) is 4.72. The van der Waals surface area contributed by atoms with E-state index in [-0.39, 0.29) is 29.9 Å². The molecule has 11 heteroatoms. The Hall–Kier alpha value is -3.50. The number of rotatable bonds is 8. The SMILES string of the molecule is COc1cc(/C=C2\SC(=O)N(CC(=O)N3CCCC3)C2=O)ccc1OCC(=O)Nc1ccc(Cl)cc1. The van der Waals surface area contributed by atoms with Gasteiger partial charge in [-0.15, -0.1) is 0 Å². The number of nitrogens with one attached hydrogen (secondary N) is 1. The smallest absolute Gasteiger partial charge is 0.294 e. The third-order valence-corrected chi connectivity index (χ3v) is 6.76. The molecule has 4 rings (SSSR count). The van der Waals surface area contributed by atoms with E-state index in [9.17, 15) is 19.2 Å². The van der Waals surface area contributed by atoms with E-state index in [0.29, 0.717) is 40.9 Å².